The van der Waals surface area contributed by atoms with Crippen molar-refractivity contribution in [3.05, 3.63) is 35.4 Å². The second kappa shape index (κ2) is 10.1. The molecule has 0 spiro atoms. The number of nitrogens with zero attached hydrogens (tertiary/aromatic N) is 2. The van der Waals surface area contributed by atoms with E-state index in [0.29, 0.717) is 18.5 Å². The minimum atomic E-state index is 0. The van der Waals surface area contributed by atoms with Gasteiger partial charge in [0.25, 0.3) is 0 Å². The lowest BCUT2D eigenvalue weighted by Gasteiger charge is -2.30. The van der Waals surface area contributed by atoms with E-state index in [1.165, 1.54) is 37.1 Å². The average molecular weight is 430 g/mol. The number of rotatable bonds is 5. The van der Waals surface area contributed by atoms with E-state index in [1.54, 1.807) is 0 Å². The highest BCUT2D eigenvalue weighted by Gasteiger charge is 2.15. The third kappa shape index (κ3) is 7.52. The first kappa shape index (κ1) is 20.2. The Balaban J connectivity index is 0.00000264. The molecule has 1 aromatic rings. The minimum Gasteiger partial charge on any atom is -0.370 e. The highest BCUT2D eigenvalue weighted by atomic mass is 127. The monoisotopic (exact) mass is 430 g/mol. The summed E-state index contributed by atoms with van der Waals surface area (Å²) in [5.74, 6) is 1.40. The molecule has 5 heteroatoms. The molecule has 4 nitrogen and oxygen atoms in total. The zero-order valence-electron chi connectivity index (χ0n) is 14.6. The first-order valence-electron chi connectivity index (χ1n) is 8.39. The van der Waals surface area contributed by atoms with Gasteiger partial charge in [-0.15, -0.1) is 24.0 Å². The van der Waals surface area contributed by atoms with Gasteiger partial charge in [-0.1, -0.05) is 31.2 Å². The van der Waals surface area contributed by atoms with Gasteiger partial charge in [-0.05, 0) is 56.8 Å². The number of nitrogens with one attached hydrogen (secondary N) is 1. The van der Waals surface area contributed by atoms with Crippen molar-refractivity contribution in [3.8, 4) is 0 Å². The van der Waals surface area contributed by atoms with Crippen molar-refractivity contribution in [2.45, 2.75) is 52.7 Å². The summed E-state index contributed by atoms with van der Waals surface area (Å²) in [5.41, 5.74) is 8.45. The molecule has 23 heavy (non-hydrogen) atoms. The van der Waals surface area contributed by atoms with Crippen LogP contribution >= 0.6 is 24.0 Å². The van der Waals surface area contributed by atoms with Crippen molar-refractivity contribution in [1.29, 1.82) is 0 Å². The Kier molecular flexibility index (Phi) is 8.91. The van der Waals surface area contributed by atoms with Gasteiger partial charge < -0.3 is 11.1 Å². The fourth-order valence-corrected chi connectivity index (χ4v) is 2.82. The van der Waals surface area contributed by atoms with Crippen molar-refractivity contribution in [2.75, 3.05) is 13.1 Å². The van der Waals surface area contributed by atoms with Gasteiger partial charge in [0.1, 0.15) is 0 Å². The highest BCUT2D eigenvalue weighted by molar-refractivity contribution is 14.0. The average Bonchev–Trinajstić information content (AvgIpc) is 2.47. The smallest absolute Gasteiger partial charge is 0.189 e. The molecule has 0 amide bonds. The van der Waals surface area contributed by atoms with E-state index in [-0.39, 0.29) is 24.0 Å². The summed E-state index contributed by atoms with van der Waals surface area (Å²) in [4.78, 5) is 6.95. The van der Waals surface area contributed by atoms with Crippen LogP contribution in [0, 0.1) is 5.92 Å². The Morgan fingerprint density at radius 3 is 2.61 bits per heavy atom. The largest absolute Gasteiger partial charge is 0.370 e. The quantitative estimate of drug-likeness (QED) is 0.428. The zero-order valence-corrected chi connectivity index (χ0v) is 16.9. The van der Waals surface area contributed by atoms with Gasteiger partial charge in [-0.3, -0.25) is 4.90 Å². The van der Waals surface area contributed by atoms with Gasteiger partial charge >= 0.3 is 0 Å². The lowest BCUT2D eigenvalue weighted by Crippen LogP contribution is -2.36. The molecule has 130 valence electrons. The number of benzene rings is 1. The van der Waals surface area contributed by atoms with Crippen LogP contribution in [0.15, 0.2) is 29.3 Å². The molecule has 0 aliphatic carbocycles. The predicted octanol–water partition coefficient (Wildman–Crippen LogP) is 3.35. The molecule has 1 aromatic carbocycles. The second-order valence-corrected chi connectivity index (χ2v) is 6.78. The minimum absolute atomic E-state index is 0. The summed E-state index contributed by atoms with van der Waals surface area (Å²) in [6.07, 6.45) is 2.64. The van der Waals surface area contributed by atoms with Crippen LogP contribution < -0.4 is 11.1 Å². The number of halogens is 1. The standard InChI is InChI=1S/C18H30N4.HI/c1-14(2)21-18(19)20-12-16-5-4-6-17(11-16)13-22-9-7-15(3)8-10-22;/h4-6,11,14-15H,7-10,12-13H2,1-3H3,(H3,19,20,21);1H. The molecule has 0 bridgehead atoms. The van der Waals surface area contributed by atoms with E-state index in [0.717, 1.165) is 12.5 Å². The maximum atomic E-state index is 5.85. The fraction of sp³-hybridized carbons (Fsp3) is 0.611. The molecule has 0 saturated carbocycles. The Morgan fingerprint density at radius 2 is 1.96 bits per heavy atom. The number of likely N-dealkylation sites (tertiary alicyclic amines) is 1. The number of nitrogens with two attached hydrogens (primary N) is 1. The van der Waals surface area contributed by atoms with Gasteiger partial charge in [0.15, 0.2) is 5.96 Å². The van der Waals surface area contributed by atoms with Crippen LogP contribution in [-0.4, -0.2) is 30.0 Å². The first-order valence-corrected chi connectivity index (χ1v) is 8.39. The van der Waals surface area contributed by atoms with Crippen LogP contribution in [0.3, 0.4) is 0 Å². The highest BCUT2D eigenvalue weighted by Crippen LogP contribution is 2.18. The third-order valence-electron chi connectivity index (χ3n) is 4.14. The molecule has 1 heterocycles. The lowest BCUT2D eigenvalue weighted by molar-refractivity contribution is 0.185. The lowest BCUT2D eigenvalue weighted by atomic mass is 9.98. The van der Waals surface area contributed by atoms with Crippen LogP contribution in [0.1, 0.15) is 44.7 Å². The molecular formula is C18H31IN4. The summed E-state index contributed by atoms with van der Waals surface area (Å²) in [6.45, 7) is 10.6. The van der Waals surface area contributed by atoms with Gasteiger partial charge in [0.05, 0.1) is 6.54 Å². The van der Waals surface area contributed by atoms with Crippen LogP contribution in [0.2, 0.25) is 0 Å². The van der Waals surface area contributed by atoms with E-state index in [4.69, 9.17) is 5.73 Å². The number of aliphatic imine (C=N–C) groups is 1. The molecule has 3 N–H and O–H groups in total. The fourth-order valence-electron chi connectivity index (χ4n) is 2.82. The summed E-state index contributed by atoms with van der Waals surface area (Å²) >= 11 is 0. The molecular weight excluding hydrogens is 399 g/mol. The van der Waals surface area contributed by atoms with Crippen molar-refractivity contribution in [3.63, 3.8) is 0 Å². The first-order chi connectivity index (χ1) is 10.5. The summed E-state index contributed by atoms with van der Waals surface area (Å²) < 4.78 is 0. The molecule has 1 saturated heterocycles. The maximum Gasteiger partial charge on any atom is 0.189 e. The van der Waals surface area contributed by atoms with E-state index < -0.39 is 0 Å². The molecule has 1 aliphatic rings. The number of piperidine rings is 1. The van der Waals surface area contributed by atoms with Crippen LogP contribution in [0.5, 0.6) is 0 Å². The van der Waals surface area contributed by atoms with Crippen molar-refractivity contribution in [1.82, 2.24) is 10.2 Å². The molecule has 2 rings (SSSR count). The zero-order chi connectivity index (χ0) is 15.9. The van der Waals surface area contributed by atoms with E-state index >= 15 is 0 Å². The molecule has 0 atom stereocenters. The van der Waals surface area contributed by atoms with Crippen LogP contribution in [0.25, 0.3) is 0 Å². The van der Waals surface area contributed by atoms with Gasteiger partial charge in [-0.2, -0.15) is 0 Å². The summed E-state index contributed by atoms with van der Waals surface area (Å²) in [6, 6.07) is 9.02. The molecule has 0 radical (unpaired) electrons. The number of hydrogen-bond donors (Lipinski definition) is 2. The van der Waals surface area contributed by atoms with Crippen LogP contribution in [-0.2, 0) is 13.1 Å². The van der Waals surface area contributed by atoms with Crippen LogP contribution in [0.4, 0.5) is 0 Å². The topological polar surface area (TPSA) is 53.6 Å². The predicted molar refractivity (Wildman–Crippen MR) is 109 cm³/mol. The van der Waals surface area contributed by atoms with E-state index in [9.17, 15) is 0 Å². The summed E-state index contributed by atoms with van der Waals surface area (Å²) in [5, 5.41) is 3.12. The molecule has 0 unspecified atom stereocenters. The maximum absolute atomic E-state index is 5.85. The molecule has 1 aliphatic heterocycles. The van der Waals surface area contributed by atoms with Crippen molar-refractivity contribution >= 4 is 29.9 Å². The van der Waals surface area contributed by atoms with Gasteiger partial charge in [0, 0.05) is 12.6 Å². The van der Waals surface area contributed by atoms with Crippen molar-refractivity contribution < 1.29 is 0 Å². The molecule has 0 aromatic heterocycles. The third-order valence-corrected chi connectivity index (χ3v) is 4.14. The Labute approximate surface area is 157 Å². The number of hydrogen-bond acceptors (Lipinski definition) is 2. The number of guanidine groups is 1. The normalized spacial score (nSPS) is 17.1. The SMILES string of the molecule is CC1CCN(Cc2cccc(CN=C(N)NC(C)C)c2)CC1.I. The Hall–Kier alpha value is -0.820. The van der Waals surface area contributed by atoms with Gasteiger partial charge in [0.2, 0.25) is 0 Å². The molecule has 1 fully saturated rings. The van der Waals surface area contributed by atoms with Crippen molar-refractivity contribution in [2.24, 2.45) is 16.6 Å². The Bertz CT molecular complexity index is 494. The van der Waals surface area contributed by atoms with E-state index in [1.807, 2.05) is 0 Å². The second-order valence-electron chi connectivity index (χ2n) is 6.78. The van der Waals surface area contributed by atoms with E-state index in [2.05, 4.69) is 60.2 Å². The Morgan fingerprint density at radius 1 is 1.30 bits per heavy atom. The summed E-state index contributed by atoms with van der Waals surface area (Å²) in [7, 11) is 0. The van der Waals surface area contributed by atoms with Gasteiger partial charge in [-0.25, -0.2) is 4.99 Å².